The zero-order chi connectivity index (χ0) is 19.0. The fraction of sp³-hybridized carbons (Fsp3) is 0.381. The molecule has 1 N–H and O–H groups in total. The number of carbonyl (C=O) groups is 1. The van der Waals surface area contributed by atoms with Crippen LogP contribution < -0.4 is 14.8 Å². The molecular formula is C21H23FN2O3. The van der Waals surface area contributed by atoms with Crippen LogP contribution in [0.15, 0.2) is 42.5 Å². The van der Waals surface area contributed by atoms with Gasteiger partial charge >= 0.3 is 6.03 Å². The normalized spacial score (nSPS) is 17.7. The van der Waals surface area contributed by atoms with E-state index in [4.69, 9.17) is 9.47 Å². The molecule has 1 spiro atoms. The highest BCUT2D eigenvalue weighted by Crippen LogP contribution is 2.47. The molecule has 5 nitrogen and oxygen atoms in total. The van der Waals surface area contributed by atoms with Crippen LogP contribution in [0.5, 0.6) is 11.5 Å². The number of nitrogens with zero attached hydrogens (tertiary/aromatic N) is 1. The smallest absolute Gasteiger partial charge is 0.322 e. The summed E-state index contributed by atoms with van der Waals surface area (Å²) in [7, 11) is 1.71. The molecule has 0 aromatic heterocycles. The highest BCUT2D eigenvalue weighted by atomic mass is 19.1. The van der Waals surface area contributed by atoms with Gasteiger partial charge in [-0.15, -0.1) is 0 Å². The van der Waals surface area contributed by atoms with Crippen LogP contribution in [0.4, 0.5) is 14.9 Å². The number of hydrogen-bond donors (Lipinski definition) is 1. The number of halogens is 1. The van der Waals surface area contributed by atoms with Gasteiger partial charge in [-0.25, -0.2) is 9.18 Å². The van der Waals surface area contributed by atoms with Crippen LogP contribution in [-0.4, -0.2) is 23.8 Å². The Kier molecular flexibility index (Phi) is 4.42. The SMILES string of the molecule is C[C@@H](c1ccc(F)cc1)N(C)C(=O)Nc1ccc2c(c1)OC1(CCCC1)O2. The molecule has 1 aliphatic heterocycles. The summed E-state index contributed by atoms with van der Waals surface area (Å²) < 4.78 is 25.1. The van der Waals surface area contributed by atoms with Gasteiger partial charge in [-0.2, -0.15) is 0 Å². The third-order valence-corrected chi connectivity index (χ3v) is 5.41. The topological polar surface area (TPSA) is 50.8 Å². The molecule has 0 bridgehead atoms. The number of anilines is 1. The first kappa shape index (κ1) is 17.6. The Morgan fingerprint density at radius 3 is 2.48 bits per heavy atom. The van der Waals surface area contributed by atoms with Crippen molar-refractivity contribution in [3.8, 4) is 11.5 Å². The lowest BCUT2D eigenvalue weighted by Gasteiger charge is -2.25. The maximum Gasteiger partial charge on any atom is 0.322 e. The minimum Gasteiger partial charge on any atom is -0.448 e. The van der Waals surface area contributed by atoms with Crippen LogP contribution in [0.3, 0.4) is 0 Å². The Labute approximate surface area is 158 Å². The molecule has 0 unspecified atom stereocenters. The van der Waals surface area contributed by atoms with E-state index >= 15 is 0 Å². The number of fused-ring (bicyclic) bond motifs is 1. The van der Waals surface area contributed by atoms with Gasteiger partial charge in [-0.3, -0.25) is 0 Å². The third kappa shape index (κ3) is 3.44. The maximum absolute atomic E-state index is 13.1. The fourth-order valence-corrected chi connectivity index (χ4v) is 3.64. The molecule has 2 aromatic carbocycles. The molecule has 27 heavy (non-hydrogen) atoms. The van der Waals surface area contributed by atoms with E-state index in [1.54, 1.807) is 30.1 Å². The van der Waals surface area contributed by atoms with Crippen molar-refractivity contribution < 1.29 is 18.7 Å². The second-order valence-electron chi connectivity index (χ2n) is 7.25. The summed E-state index contributed by atoms with van der Waals surface area (Å²) in [6, 6.07) is 11.2. The molecule has 4 rings (SSSR count). The molecule has 2 amide bonds. The summed E-state index contributed by atoms with van der Waals surface area (Å²) in [6.45, 7) is 1.90. The second-order valence-corrected chi connectivity index (χ2v) is 7.25. The summed E-state index contributed by atoms with van der Waals surface area (Å²) in [5, 5.41) is 2.89. The van der Waals surface area contributed by atoms with Crippen molar-refractivity contribution >= 4 is 11.7 Å². The van der Waals surface area contributed by atoms with Gasteiger partial charge in [0.05, 0.1) is 6.04 Å². The van der Waals surface area contributed by atoms with E-state index in [0.29, 0.717) is 11.4 Å². The van der Waals surface area contributed by atoms with Crippen LogP contribution >= 0.6 is 0 Å². The van der Waals surface area contributed by atoms with Gasteiger partial charge in [0.1, 0.15) is 5.82 Å². The Morgan fingerprint density at radius 1 is 1.11 bits per heavy atom. The zero-order valence-electron chi connectivity index (χ0n) is 15.5. The molecule has 1 aliphatic carbocycles. The first-order valence-electron chi connectivity index (χ1n) is 9.27. The number of urea groups is 1. The van der Waals surface area contributed by atoms with E-state index < -0.39 is 5.79 Å². The Morgan fingerprint density at radius 2 is 1.78 bits per heavy atom. The monoisotopic (exact) mass is 370 g/mol. The first-order valence-corrected chi connectivity index (χ1v) is 9.27. The summed E-state index contributed by atoms with van der Waals surface area (Å²) in [5.41, 5.74) is 1.51. The number of nitrogens with one attached hydrogen (secondary N) is 1. The Bertz CT molecular complexity index is 847. The van der Waals surface area contributed by atoms with Gasteiger partial charge in [-0.05, 0) is 49.6 Å². The van der Waals surface area contributed by atoms with Crippen LogP contribution in [-0.2, 0) is 0 Å². The first-order chi connectivity index (χ1) is 13.0. The molecule has 2 aliphatic rings. The molecule has 2 aromatic rings. The minimum absolute atomic E-state index is 0.193. The molecular weight excluding hydrogens is 347 g/mol. The summed E-state index contributed by atoms with van der Waals surface area (Å²) in [4.78, 5) is 14.2. The van der Waals surface area contributed by atoms with Gasteiger partial charge in [0.15, 0.2) is 11.5 Å². The average molecular weight is 370 g/mol. The minimum atomic E-state index is -0.515. The second kappa shape index (κ2) is 6.76. The summed E-state index contributed by atoms with van der Waals surface area (Å²) in [5.74, 6) is 0.587. The molecule has 6 heteroatoms. The van der Waals surface area contributed by atoms with Crippen LogP contribution in [0, 0.1) is 5.82 Å². The van der Waals surface area contributed by atoms with Gasteiger partial charge in [0.25, 0.3) is 5.79 Å². The predicted octanol–water partition coefficient (Wildman–Crippen LogP) is 5.09. The van der Waals surface area contributed by atoms with Crippen LogP contribution in [0.2, 0.25) is 0 Å². The number of hydrogen-bond acceptors (Lipinski definition) is 3. The van der Waals surface area contributed by atoms with Crippen molar-refractivity contribution in [2.24, 2.45) is 0 Å². The van der Waals surface area contributed by atoms with Crippen molar-refractivity contribution in [1.82, 2.24) is 4.90 Å². The van der Waals surface area contributed by atoms with Gasteiger partial charge in [-0.1, -0.05) is 12.1 Å². The molecule has 1 heterocycles. The van der Waals surface area contributed by atoms with Crippen LogP contribution in [0.25, 0.3) is 0 Å². The van der Waals surface area contributed by atoms with E-state index in [9.17, 15) is 9.18 Å². The molecule has 0 radical (unpaired) electrons. The molecule has 0 saturated heterocycles. The number of amides is 2. The lowest BCUT2D eigenvalue weighted by atomic mass is 10.1. The Hall–Kier alpha value is -2.76. The average Bonchev–Trinajstić information content (AvgIpc) is 3.26. The molecule has 1 fully saturated rings. The lowest BCUT2D eigenvalue weighted by molar-refractivity contribution is -0.0716. The van der Waals surface area contributed by atoms with E-state index in [2.05, 4.69) is 5.32 Å². The van der Waals surface area contributed by atoms with E-state index in [1.807, 2.05) is 19.1 Å². The van der Waals surface area contributed by atoms with Gasteiger partial charge in [0, 0.05) is 31.6 Å². The predicted molar refractivity (Wildman–Crippen MR) is 100 cm³/mol. The number of rotatable bonds is 3. The lowest BCUT2D eigenvalue weighted by Crippen LogP contribution is -2.34. The highest BCUT2D eigenvalue weighted by molar-refractivity contribution is 5.89. The van der Waals surface area contributed by atoms with Crippen LogP contribution in [0.1, 0.15) is 44.2 Å². The summed E-state index contributed by atoms with van der Waals surface area (Å²) >= 11 is 0. The summed E-state index contributed by atoms with van der Waals surface area (Å²) in [6.07, 6.45) is 3.98. The standard InChI is InChI=1S/C21H23FN2O3/c1-14(15-5-7-16(22)8-6-15)24(2)20(25)23-17-9-10-18-19(13-17)27-21(26-18)11-3-4-12-21/h5-10,13-14H,3-4,11-12H2,1-2H3,(H,23,25)/t14-/m0/s1. The van der Waals surface area contributed by atoms with Crippen molar-refractivity contribution in [3.63, 3.8) is 0 Å². The number of benzene rings is 2. The van der Waals surface area contributed by atoms with Gasteiger partial charge < -0.3 is 19.7 Å². The quantitative estimate of drug-likeness (QED) is 0.818. The van der Waals surface area contributed by atoms with Crippen molar-refractivity contribution in [1.29, 1.82) is 0 Å². The number of carbonyl (C=O) groups excluding carboxylic acids is 1. The van der Waals surface area contributed by atoms with Crippen molar-refractivity contribution in [3.05, 3.63) is 53.8 Å². The third-order valence-electron chi connectivity index (χ3n) is 5.41. The number of ether oxygens (including phenoxy) is 2. The largest absolute Gasteiger partial charge is 0.448 e. The van der Waals surface area contributed by atoms with Gasteiger partial charge in [0.2, 0.25) is 0 Å². The van der Waals surface area contributed by atoms with Crippen molar-refractivity contribution in [2.45, 2.75) is 44.4 Å². The highest BCUT2D eigenvalue weighted by Gasteiger charge is 2.44. The Balaban J connectivity index is 1.43. The molecule has 1 saturated carbocycles. The zero-order valence-corrected chi connectivity index (χ0v) is 15.5. The molecule has 1 atom stereocenters. The van der Waals surface area contributed by atoms with E-state index in [1.165, 1.54) is 12.1 Å². The van der Waals surface area contributed by atoms with E-state index in [0.717, 1.165) is 37.0 Å². The van der Waals surface area contributed by atoms with Crippen molar-refractivity contribution in [2.75, 3.05) is 12.4 Å². The molecule has 142 valence electrons. The maximum atomic E-state index is 13.1. The fourth-order valence-electron chi connectivity index (χ4n) is 3.64. The van der Waals surface area contributed by atoms with E-state index in [-0.39, 0.29) is 17.9 Å².